The van der Waals surface area contributed by atoms with Gasteiger partial charge in [0.2, 0.25) is 0 Å². The molecule has 0 amide bonds. The average Bonchev–Trinajstić information content (AvgIpc) is 3.49. The Balaban J connectivity index is 4.18. The summed E-state index contributed by atoms with van der Waals surface area (Å²) in [7, 11) is 0. The molecular weight excluding hydrogens is 1020 g/mol. The Labute approximate surface area is 513 Å². The summed E-state index contributed by atoms with van der Waals surface area (Å²) in [4.78, 5) is 38.3. The van der Waals surface area contributed by atoms with Gasteiger partial charge in [0.25, 0.3) is 0 Å². The predicted octanol–water partition coefficient (Wildman–Crippen LogP) is 24.3. The number of hydrogen-bond acceptors (Lipinski definition) is 6. The second kappa shape index (κ2) is 70.3. The Bertz CT molecular complexity index is 1700. The number of hydrogen-bond donors (Lipinski definition) is 0. The molecule has 0 aliphatic heterocycles. The molecule has 0 aromatic rings. The average molecular weight is 1150 g/mol. The van der Waals surface area contributed by atoms with E-state index in [9.17, 15) is 14.4 Å². The molecule has 474 valence electrons. The normalized spacial score (nSPS) is 12.9. The van der Waals surface area contributed by atoms with Crippen molar-refractivity contribution >= 4 is 17.9 Å². The number of ether oxygens (including phenoxy) is 3. The van der Waals surface area contributed by atoms with Crippen molar-refractivity contribution in [1.82, 2.24) is 0 Å². The zero-order valence-corrected chi connectivity index (χ0v) is 54.4. The number of allylic oxidation sites excluding steroid dienone is 20. The van der Waals surface area contributed by atoms with E-state index in [1.165, 1.54) is 161 Å². The molecule has 6 nitrogen and oxygen atoms in total. The highest BCUT2D eigenvalue weighted by atomic mass is 16.6. The third-order valence-electron chi connectivity index (χ3n) is 15.0. The number of unbranched alkanes of at least 4 members (excludes halogenated alkanes) is 32. The molecule has 83 heavy (non-hydrogen) atoms. The van der Waals surface area contributed by atoms with Crippen molar-refractivity contribution in [3.8, 4) is 0 Å². The highest BCUT2D eigenvalue weighted by Gasteiger charge is 2.19. The molecule has 0 N–H and O–H groups in total. The first-order valence-corrected chi connectivity index (χ1v) is 35.0. The number of carbonyl (C=O) groups is 3. The lowest BCUT2D eigenvalue weighted by atomic mass is 10.0. The number of rotatable bonds is 63. The Morgan fingerprint density at radius 3 is 0.735 bits per heavy atom. The molecule has 0 saturated carbocycles. The molecule has 0 rings (SSSR count). The van der Waals surface area contributed by atoms with Gasteiger partial charge < -0.3 is 14.2 Å². The monoisotopic (exact) mass is 1150 g/mol. The maximum Gasteiger partial charge on any atom is 0.306 e. The van der Waals surface area contributed by atoms with Crippen LogP contribution in [0.2, 0.25) is 0 Å². The third kappa shape index (κ3) is 68.5. The van der Waals surface area contributed by atoms with E-state index >= 15 is 0 Å². The summed E-state index contributed by atoms with van der Waals surface area (Å²) >= 11 is 0. The molecule has 6 heteroatoms. The van der Waals surface area contributed by atoms with E-state index in [4.69, 9.17) is 14.2 Å². The van der Waals surface area contributed by atoms with Gasteiger partial charge in [-0.25, -0.2) is 0 Å². The second-order valence-corrected chi connectivity index (χ2v) is 23.0. The minimum absolute atomic E-state index is 0.0794. The maximum absolute atomic E-state index is 12.9. The summed E-state index contributed by atoms with van der Waals surface area (Å²) in [5, 5.41) is 0. The molecule has 0 spiro atoms. The standard InChI is InChI=1S/C77H130O6/c1-4-7-10-13-16-19-21-23-25-27-29-31-33-35-37-38-40-41-43-45-47-49-51-53-55-58-61-64-67-70-76(79)82-73-74(72-81-75(78)69-66-63-60-57-18-15-12-9-6-3)83-77(80)71-68-65-62-59-56-54-52-50-48-46-44-42-39-36-34-32-30-28-26-24-22-20-17-14-11-8-5-2/h7-8,10-11,16-17,19-20,23-26,29-32,36,39,44,46,74H,4-6,9,12-15,18,21-22,27-28,33-35,37-38,40-43,45,47-73H2,1-3H3/b10-7-,11-8-,19-16-,20-17-,25-23-,26-24-,31-29-,32-30-,39-36-,46-44-. The molecule has 1 atom stereocenters. The first-order chi connectivity index (χ1) is 41.0. The molecule has 1 unspecified atom stereocenters. The van der Waals surface area contributed by atoms with Crippen molar-refractivity contribution in [1.29, 1.82) is 0 Å². The van der Waals surface area contributed by atoms with Crippen LogP contribution in [0, 0.1) is 0 Å². The van der Waals surface area contributed by atoms with E-state index < -0.39 is 6.10 Å². The lowest BCUT2D eigenvalue weighted by Gasteiger charge is -2.18. The van der Waals surface area contributed by atoms with Crippen LogP contribution in [0.15, 0.2) is 122 Å². The van der Waals surface area contributed by atoms with Gasteiger partial charge in [0.1, 0.15) is 13.2 Å². The summed E-state index contributed by atoms with van der Waals surface area (Å²) in [5.41, 5.74) is 0. The molecule has 0 saturated heterocycles. The zero-order chi connectivity index (χ0) is 59.9. The zero-order valence-electron chi connectivity index (χ0n) is 54.4. The SMILES string of the molecule is CC/C=C\C/C=C\C/C=C\C/C=C\C/C=C\C/C=C\CCCCCCCCCCC(=O)OC(COC(=O)CCCCCCCCCCC)COC(=O)CCCCCCCCCCCCCCCCCC/C=C\C/C=C\C/C=C\C/C=C\CC. The minimum Gasteiger partial charge on any atom is -0.462 e. The summed E-state index contributed by atoms with van der Waals surface area (Å²) in [6.45, 7) is 6.42. The lowest BCUT2D eigenvalue weighted by molar-refractivity contribution is -0.167. The number of esters is 3. The quantitative estimate of drug-likeness (QED) is 0.0261. The Kier molecular flexibility index (Phi) is 66.7. The molecule has 0 aromatic heterocycles. The van der Waals surface area contributed by atoms with Gasteiger partial charge >= 0.3 is 17.9 Å². The maximum atomic E-state index is 12.9. The Morgan fingerprint density at radius 2 is 0.470 bits per heavy atom. The Morgan fingerprint density at radius 1 is 0.253 bits per heavy atom. The highest BCUT2D eigenvalue weighted by molar-refractivity contribution is 5.71. The fourth-order valence-corrected chi connectivity index (χ4v) is 9.79. The van der Waals surface area contributed by atoms with Crippen LogP contribution in [0.25, 0.3) is 0 Å². The highest BCUT2D eigenvalue weighted by Crippen LogP contribution is 2.17. The van der Waals surface area contributed by atoms with E-state index in [2.05, 4.69) is 142 Å². The van der Waals surface area contributed by atoms with Crippen molar-refractivity contribution in [3.05, 3.63) is 122 Å². The molecule has 0 aliphatic rings. The molecular formula is C77H130O6. The van der Waals surface area contributed by atoms with Gasteiger partial charge in [0.05, 0.1) is 0 Å². The fraction of sp³-hybridized carbons (Fsp3) is 0.701. The number of carbonyl (C=O) groups excluding carboxylic acids is 3. The van der Waals surface area contributed by atoms with E-state index in [-0.39, 0.29) is 31.1 Å². The van der Waals surface area contributed by atoms with Gasteiger partial charge in [-0.2, -0.15) is 0 Å². The second-order valence-electron chi connectivity index (χ2n) is 23.0. The van der Waals surface area contributed by atoms with E-state index in [1.807, 2.05) is 0 Å². The van der Waals surface area contributed by atoms with Gasteiger partial charge in [0.15, 0.2) is 6.10 Å². The fourth-order valence-electron chi connectivity index (χ4n) is 9.79. The summed E-state index contributed by atoms with van der Waals surface area (Å²) in [6, 6.07) is 0. The summed E-state index contributed by atoms with van der Waals surface area (Å²) in [5.74, 6) is -0.879. The smallest absolute Gasteiger partial charge is 0.306 e. The van der Waals surface area contributed by atoms with Crippen molar-refractivity contribution < 1.29 is 28.6 Å². The molecule has 0 aliphatic carbocycles. The van der Waals surface area contributed by atoms with Crippen LogP contribution in [0.3, 0.4) is 0 Å². The molecule has 0 heterocycles. The van der Waals surface area contributed by atoms with Crippen molar-refractivity contribution in [2.24, 2.45) is 0 Å². The largest absolute Gasteiger partial charge is 0.462 e. The van der Waals surface area contributed by atoms with Crippen LogP contribution in [-0.4, -0.2) is 37.2 Å². The van der Waals surface area contributed by atoms with Crippen molar-refractivity contribution in [2.45, 2.75) is 335 Å². The van der Waals surface area contributed by atoms with Crippen LogP contribution < -0.4 is 0 Å². The van der Waals surface area contributed by atoms with Gasteiger partial charge in [-0.1, -0.05) is 322 Å². The van der Waals surface area contributed by atoms with Gasteiger partial charge in [-0.3, -0.25) is 14.4 Å². The van der Waals surface area contributed by atoms with E-state index in [1.54, 1.807) is 0 Å². The first-order valence-electron chi connectivity index (χ1n) is 35.0. The summed E-state index contributed by atoms with van der Waals surface area (Å²) in [6.07, 6.45) is 98.1. The van der Waals surface area contributed by atoms with Crippen LogP contribution in [0.5, 0.6) is 0 Å². The van der Waals surface area contributed by atoms with Crippen LogP contribution in [-0.2, 0) is 28.6 Å². The van der Waals surface area contributed by atoms with Crippen molar-refractivity contribution in [2.75, 3.05) is 13.2 Å². The molecule has 0 radical (unpaired) electrons. The first kappa shape index (κ1) is 78.8. The van der Waals surface area contributed by atoms with Crippen LogP contribution >= 0.6 is 0 Å². The molecule has 0 aromatic carbocycles. The lowest BCUT2D eigenvalue weighted by Crippen LogP contribution is -2.30. The van der Waals surface area contributed by atoms with Crippen molar-refractivity contribution in [3.63, 3.8) is 0 Å². The molecule has 0 fully saturated rings. The van der Waals surface area contributed by atoms with Crippen LogP contribution in [0.4, 0.5) is 0 Å². The summed E-state index contributed by atoms with van der Waals surface area (Å²) < 4.78 is 16.9. The van der Waals surface area contributed by atoms with Gasteiger partial charge in [-0.15, -0.1) is 0 Å². The topological polar surface area (TPSA) is 78.9 Å². The molecule has 0 bridgehead atoms. The minimum atomic E-state index is -0.783. The van der Waals surface area contributed by atoms with E-state index in [0.717, 1.165) is 128 Å². The van der Waals surface area contributed by atoms with Gasteiger partial charge in [0, 0.05) is 19.3 Å². The van der Waals surface area contributed by atoms with Gasteiger partial charge in [-0.05, 0) is 109 Å². The predicted molar refractivity (Wildman–Crippen MR) is 362 cm³/mol. The third-order valence-corrected chi connectivity index (χ3v) is 15.0. The van der Waals surface area contributed by atoms with E-state index in [0.29, 0.717) is 19.3 Å². The Hall–Kier alpha value is -4.19. The van der Waals surface area contributed by atoms with Crippen LogP contribution in [0.1, 0.15) is 329 Å².